The lowest BCUT2D eigenvalue weighted by atomic mass is 9.96. The number of carboxylic acid groups (broad SMARTS) is 1. The van der Waals surface area contributed by atoms with Crippen LogP contribution in [0.2, 0.25) is 0 Å². The molecule has 2 atom stereocenters. The molecule has 1 saturated heterocycles. The summed E-state index contributed by atoms with van der Waals surface area (Å²) in [6, 6.07) is 2.09. The summed E-state index contributed by atoms with van der Waals surface area (Å²) in [6.45, 7) is -1.65. The monoisotopic (exact) mass is 350 g/mol. The lowest BCUT2D eigenvalue weighted by molar-refractivity contribution is -0.385. The number of halogens is 4. The number of alkyl halides is 3. The van der Waals surface area contributed by atoms with Gasteiger partial charge in [-0.25, -0.2) is 4.39 Å². The van der Waals surface area contributed by atoms with E-state index in [9.17, 15) is 37.3 Å². The maximum absolute atomic E-state index is 13.8. The van der Waals surface area contributed by atoms with E-state index in [1.165, 1.54) is 0 Å². The summed E-state index contributed by atoms with van der Waals surface area (Å²) in [5.41, 5.74) is -1.28. The Bertz CT molecular complexity index is 706. The van der Waals surface area contributed by atoms with Crippen molar-refractivity contribution in [3.63, 3.8) is 0 Å². The van der Waals surface area contributed by atoms with E-state index < -0.39 is 65.0 Å². The summed E-state index contributed by atoms with van der Waals surface area (Å²) < 4.78 is 52.5. The topological polar surface area (TPSA) is 101 Å². The highest BCUT2D eigenvalue weighted by Crippen LogP contribution is 2.38. The number of nitro groups is 1. The van der Waals surface area contributed by atoms with Crippen LogP contribution in [0.3, 0.4) is 0 Å². The molecule has 0 aliphatic carbocycles. The van der Waals surface area contributed by atoms with Gasteiger partial charge >= 0.3 is 12.1 Å². The molecule has 130 valence electrons. The molecule has 1 heterocycles. The number of nitro benzene ring substituents is 1. The fourth-order valence-electron chi connectivity index (χ4n) is 2.51. The third-order valence-electron chi connectivity index (χ3n) is 3.74. The van der Waals surface area contributed by atoms with Gasteiger partial charge in [0, 0.05) is 19.2 Å². The number of aliphatic carboxylic acids is 1. The van der Waals surface area contributed by atoms with Crippen molar-refractivity contribution in [3.8, 4) is 0 Å². The predicted molar refractivity (Wildman–Crippen MR) is 69.6 cm³/mol. The Morgan fingerprint density at radius 2 is 1.92 bits per heavy atom. The molecule has 0 spiro atoms. The first-order chi connectivity index (χ1) is 11.0. The molecule has 0 aromatic heterocycles. The van der Waals surface area contributed by atoms with E-state index >= 15 is 0 Å². The van der Waals surface area contributed by atoms with Gasteiger partial charge in [-0.15, -0.1) is 0 Å². The van der Waals surface area contributed by atoms with Gasteiger partial charge in [-0.3, -0.25) is 19.7 Å². The van der Waals surface area contributed by atoms with Crippen LogP contribution in [0.15, 0.2) is 18.2 Å². The van der Waals surface area contributed by atoms with Crippen molar-refractivity contribution in [3.05, 3.63) is 39.7 Å². The van der Waals surface area contributed by atoms with Crippen molar-refractivity contribution >= 4 is 17.6 Å². The Kier molecular flexibility index (Phi) is 4.45. The highest BCUT2D eigenvalue weighted by molar-refractivity contribution is 5.95. The van der Waals surface area contributed by atoms with E-state index in [4.69, 9.17) is 5.11 Å². The SMILES string of the molecule is O=C(O)[C@@H]1CN(C(=O)c2ccc([N+](=O)[O-])cc2F)C[C@H]1C(F)(F)F. The standard InChI is InChI=1S/C13H10F4N2O5/c14-10-3-6(19(23)24)1-2-7(10)11(20)18-4-8(12(21)22)9(5-18)13(15,16)17/h1-3,8-9H,4-5H2,(H,21,22)/t8-,9-/m1/s1. The fraction of sp³-hybridized carbons (Fsp3) is 0.385. The predicted octanol–water partition coefficient (Wildman–Crippen LogP) is 2.07. The van der Waals surface area contributed by atoms with E-state index in [1.54, 1.807) is 0 Å². The number of nitrogens with zero attached hydrogens (tertiary/aromatic N) is 2. The zero-order valence-corrected chi connectivity index (χ0v) is 11.8. The minimum atomic E-state index is -4.83. The molecule has 1 amide bonds. The van der Waals surface area contributed by atoms with Gasteiger partial charge in [-0.1, -0.05) is 0 Å². The number of amides is 1. The highest BCUT2D eigenvalue weighted by atomic mass is 19.4. The van der Waals surface area contributed by atoms with Crippen LogP contribution in [0.25, 0.3) is 0 Å². The molecular formula is C13H10F4N2O5. The Balaban J connectivity index is 2.28. The van der Waals surface area contributed by atoms with Crippen molar-refractivity contribution < 1.29 is 37.2 Å². The van der Waals surface area contributed by atoms with Gasteiger partial charge < -0.3 is 10.0 Å². The lowest BCUT2D eigenvalue weighted by Gasteiger charge is -2.18. The van der Waals surface area contributed by atoms with Gasteiger partial charge in [0.1, 0.15) is 5.82 Å². The zero-order valence-electron chi connectivity index (χ0n) is 11.8. The number of hydrogen-bond acceptors (Lipinski definition) is 4. The van der Waals surface area contributed by atoms with Crippen LogP contribution in [0.4, 0.5) is 23.2 Å². The van der Waals surface area contributed by atoms with Crippen LogP contribution < -0.4 is 0 Å². The molecule has 1 aromatic carbocycles. The fourth-order valence-corrected chi connectivity index (χ4v) is 2.51. The second-order valence-corrected chi connectivity index (χ2v) is 5.22. The zero-order chi connectivity index (χ0) is 18.2. The number of carboxylic acids is 1. The van der Waals surface area contributed by atoms with Crippen LogP contribution in [-0.2, 0) is 4.79 Å². The van der Waals surface area contributed by atoms with Gasteiger partial charge in [-0.2, -0.15) is 13.2 Å². The minimum absolute atomic E-state index is 0.471. The molecule has 0 bridgehead atoms. The van der Waals surface area contributed by atoms with Crippen molar-refractivity contribution in [2.45, 2.75) is 6.18 Å². The molecular weight excluding hydrogens is 340 g/mol. The third-order valence-corrected chi connectivity index (χ3v) is 3.74. The molecule has 24 heavy (non-hydrogen) atoms. The maximum Gasteiger partial charge on any atom is 0.394 e. The maximum atomic E-state index is 13.8. The second-order valence-electron chi connectivity index (χ2n) is 5.22. The molecule has 1 aliphatic rings. The summed E-state index contributed by atoms with van der Waals surface area (Å²) in [6.07, 6.45) is -4.83. The van der Waals surface area contributed by atoms with Crippen molar-refractivity contribution in [2.24, 2.45) is 11.8 Å². The molecule has 0 saturated carbocycles. The van der Waals surface area contributed by atoms with Gasteiger partial charge in [0.15, 0.2) is 0 Å². The van der Waals surface area contributed by atoms with Gasteiger partial charge in [0.05, 0.1) is 28.4 Å². The molecule has 11 heteroatoms. The Morgan fingerprint density at radius 3 is 2.33 bits per heavy atom. The van der Waals surface area contributed by atoms with Crippen LogP contribution in [0.5, 0.6) is 0 Å². The summed E-state index contributed by atoms with van der Waals surface area (Å²) >= 11 is 0. The van der Waals surface area contributed by atoms with Gasteiger partial charge in [0.25, 0.3) is 11.6 Å². The van der Waals surface area contributed by atoms with E-state index in [0.717, 1.165) is 12.1 Å². The molecule has 7 nitrogen and oxygen atoms in total. The minimum Gasteiger partial charge on any atom is -0.481 e. The van der Waals surface area contributed by atoms with Crippen LogP contribution in [0.1, 0.15) is 10.4 Å². The largest absolute Gasteiger partial charge is 0.481 e. The summed E-state index contributed by atoms with van der Waals surface area (Å²) in [5.74, 6) is -8.25. The molecule has 1 aliphatic heterocycles. The first-order valence-corrected chi connectivity index (χ1v) is 6.55. The van der Waals surface area contributed by atoms with Crippen LogP contribution in [0, 0.1) is 27.8 Å². The number of non-ortho nitro benzene ring substituents is 1. The van der Waals surface area contributed by atoms with E-state index in [1.807, 2.05) is 0 Å². The normalized spacial score (nSPS) is 20.9. The summed E-state index contributed by atoms with van der Waals surface area (Å²) in [4.78, 5) is 33.3. The summed E-state index contributed by atoms with van der Waals surface area (Å²) in [7, 11) is 0. The number of rotatable bonds is 3. The number of hydrogen-bond donors (Lipinski definition) is 1. The smallest absolute Gasteiger partial charge is 0.394 e. The van der Waals surface area contributed by atoms with Crippen molar-refractivity contribution in [2.75, 3.05) is 13.1 Å². The number of carbonyl (C=O) groups excluding carboxylic acids is 1. The Hall–Kier alpha value is -2.72. The van der Waals surface area contributed by atoms with Gasteiger partial charge in [-0.05, 0) is 6.07 Å². The first kappa shape index (κ1) is 17.6. The van der Waals surface area contributed by atoms with Crippen LogP contribution in [-0.4, -0.2) is 46.1 Å². The van der Waals surface area contributed by atoms with Crippen molar-refractivity contribution in [1.82, 2.24) is 4.90 Å². The second kappa shape index (κ2) is 6.06. The van der Waals surface area contributed by atoms with E-state index in [0.29, 0.717) is 11.0 Å². The number of carbonyl (C=O) groups is 2. The lowest BCUT2D eigenvalue weighted by Crippen LogP contribution is -2.34. The van der Waals surface area contributed by atoms with Crippen LogP contribution >= 0.6 is 0 Å². The quantitative estimate of drug-likeness (QED) is 0.511. The molecule has 1 aromatic rings. The Morgan fingerprint density at radius 1 is 1.29 bits per heavy atom. The first-order valence-electron chi connectivity index (χ1n) is 6.55. The average Bonchev–Trinajstić information content (AvgIpc) is 2.91. The molecule has 2 rings (SSSR count). The molecule has 1 fully saturated rings. The Labute approximate surface area is 131 Å². The van der Waals surface area contributed by atoms with E-state index in [2.05, 4.69) is 0 Å². The van der Waals surface area contributed by atoms with Crippen molar-refractivity contribution in [1.29, 1.82) is 0 Å². The van der Waals surface area contributed by atoms with E-state index in [-0.39, 0.29) is 0 Å². The molecule has 0 unspecified atom stereocenters. The molecule has 1 N–H and O–H groups in total. The third kappa shape index (κ3) is 3.29. The highest BCUT2D eigenvalue weighted by Gasteiger charge is 2.53. The number of likely N-dealkylation sites (tertiary alicyclic amines) is 1. The average molecular weight is 350 g/mol. The van der Waals surface area contributed by atoms with Gasteiger partial charge in [0.2, 0.25) is 0 Å². The summed E-state index contributed by atoms with van der Waals surface area (Å²) in [5, 5.41) is 19.4. The molecule has 0 radical (unpaired) electrons. The number of benzene rings is 1.